The van der Waals surface area contributed by atoms with Crippen LogP contribution in [0, 0.1) is 6.92 Å². The van der Waals surface area contributed by atoms with E-state index in [1.807, 2.05) is 6.92 Å². The first-order chi connectivity index (χ1) is 8.58. The molecule has 1 aromatic heterocycles. The van der Waals surface area contributed by atoms with E-state index >= 15 is 0 Å². The van der Waals surface area contributed by atoms with Crippen LogP contribution in [0.4, 0.5) is 5.69 Å². The molecule has 1 heterocycles. The van der Waals surface area contributed by atoms with Crippen molar-refractivity contribution in [2.45, 2.75) is 6.92 Å². The quantitative estimate of drug-likeness (QED) is 0.875. The number of halogens is 1. The van der Waals surface area contributed by atoms with Gasteiger partial charge < -0.3 is 10.4 Å². The summed E-state index contributed by atoms with van der Waals surface area (Å²) in [6, 6.07) is 6.39. The van der Waals surface area contributed by atoms with Crippen LogP contribution in [0.25, 0.3) is 0 Å². The predicted octanol–water partition coefficient (Wildman–Crippen LogP) is 3.00. The molecule has 0 bridgehead atoms. The second kappa shape index (κ2) is 5.06. The van der Waals surface area contributed by atoms with E-state index in [2.05, 4.69) is 10.3 Å². The van der Waals surface area contributed by atoms with Crippen LogP contribution in [-0.4, -0.2) is 16.0 Å². The highest BCUT2D eigenvalue weighted by molar-refractivity contribution is 6.33. The Kier molecular flexibility index (Phi) is 3.48. The van der Waals surface area contributed by atoms with E-state index in [0.717, 1.165) is 5.56 Å². The lowest BCUT2D eigenvalue weighted by Gasteiger charge is -2.08. The molecular formula is C13H11ClN2O2. The van der Waals surface area contributed by atoms with Crippen molar-refractivity contribution in [3.05, 3.63) is 52.8 Å². The average Bonchev–Trinajstić information content (AvgIpc) is 2.35. The number of hydrogen-bond acceptors (Lipinski definition) is 3. The summed E-state index contributed by atoms with van der Waals surface area (Å²) >= 11 is 5.91. The molecule has 0 aliphatic heterocycles. The van der Waals surface area contributed by atoms with Gasteiger partial charge in [0.05, 0.1) is 22.5 Å². The monoisotopic (exact) mass is 262 g/mol. The van der Waals surface area contributed by atoms with Crippen molar-refractivity contribution in [2.24, 2.45) is 0 Å². The molecule has 0 atom stereocenters. The van der Waals surface area contributed by atoms with Gasteiger partial charge in [-0.1, -0.05) is 23.2 Å². The predicted molar refractivity (Wildman–Crippen MR) is 70.0 cm³/mol. The van der Waals surface area contributed by atoms with E-state index < -0.39 is 5.91 Å². The number of carbonyl (C=O) groups excluding carboxylic acids is 1. The molecule has 0 fully saturated rings. The first kappa shape index (κ1) is 12.4. The zero-order valence-corrected chi connectivity index (χ0v) is 10.4. The van der Waals surface area contributed by atoms with Crippen molar-refractivity contribution < 1.29 is 9.90 Å². The summed E-state index contributed by atoms with van der Waals surface area (Å²) < 4.78 is 0. The number of pyridine rings is 1. The molecule has 1 aromatic carbocycles. The molecule has 2 N–H and O–H groups in total. The summed E-state index contributed by atoms with van der Waals surface area (Å²) in [5.74, 6) is -0.496. The number of rotatable bonds is 2. The van der Waals surface area contributed by atoms with Crippen molar-refractivity contribution in [3.63, 3.8) is 0 Å². The molecule has 18 heavy (non-hydrogen) atoms. The van der Waals surface area contributed by atoms with E-state index in [4.69, 9.17) is 11.6 Å². The highest BCUT2D eigenvalue weighted by atomic mass is 35.5. The van der Waals surface area contributed by atoms with Crippen molar-refractivity contribution in [1.29, 1.82) is 0 Å². The highest BCUT2D eigenvalue weighted by Gasteiger charge is 2.12. The third-order valence-corrected chi connectivity index (χ3v) is 2.74. The third-order valence-electron chi connectivity index (χ3n) is 2.41. The zero-order chi connectivity index (χ0) is 13.1. The fraction of sp³-hybridized carbons (Fsp3) is 0.0769. The summed E-state index contributed by atoms with van der Waals surface area (Å²) in [6.07, 6.45) is 2.98. The molecule has 0 saturated carbocycles. The minimum atomic E-state index is -0.425. The number of phenolic OH excluding ortho intramolecular Hbond substituents is 1. The van der Waals surface area contributed by atoms with Crippen LogP contribution >= 0.6 is 11.6 Å². The van der Waals surface area contributed by atoms with Crippen LogP contribution in [0.3, 0.4) is 0 Å². The largest absolute Gasteiger partial charge is 0.507 e. The van der Waals surface area contributed by atoms with Crippen LogP contribution in [0.5, 0.6) is 5.75 Å². The van der Waals surface area contributed by atoms with Gasteiger partial charge in [0.25, 0.3) is 5.91 Å². The summed E-state index contributed by atoms with van der Waals surface area (Å²) in [4.78, 5) is 15.9. The number of nitrogens with one attached hydrogen (secondary N) is 1. The number of aryl methyl sites for hydroxylation is 1. The molecule has 5 heteroatoms. The molecule has 1 amide bonds. The number of aromatic nitrogens is 1. The Balaban J connectivity index is 2.28. The average molecular weight is 263 g/mol. The summed E-state index contributed by atoms with van der Waals surface area (Å²) in [7, 11) is 0. The lowest BCUT2D eigenvalue weighted by atomic mass is 10.1. The molecule has 0 radical (unpaired) electrons. The zero-order valence-electron chi connectivity index (χ0n) is 9.64. The van der Waals surface area contributed by atoms with Gasteiger partial charge in [-0.2, -0.15) is 0 Å². The molecule has 0 aliphatic carbocycles. The summed E-state index contributed by atoms with van der Waals surface area (Å²) in [5, 5.41) is 12.6. The fourth-order valence-electron chi connectivity index (χ4n) is 1.49. The van der Waals surface area contributed by atoms with Crippen LogP contribution < -0.4 is 5.32 Å². The summed E-state index contributed by atoms with van der Waals surface area (Å²) in [5.41, 5.74) is 1.50. The number of aromatic hydroxyl groups is 1. The normalized spacial score (nSPS) is 10.1. The molecule has 0 unspecified atom stereocenters. The van der Waals surface area contributed by atoms with Gasteiger partial charge >= 0.3 is 0 Å². The molecule has 2 aromatic rings. The van der Waals surface area contributed by atoms with E-state index in [-0.39, 0.29) is 11.3 Å². The number of phenols is 1. The van der Waals surface area contributed by atoms with Gasteiger partial charge in [0.2, 0.25) is 0 Å². The molecule has 0 spiro atoms. The maximum atomic E-state index is 12.0. The second-order valence-corrected chi connectivity index (χ2v) is 4.24. The maximum absolute atomic E-state index is 12.0. The Morgan fingerprint density at radius 2 is 2.17 bits per heavy atom. The summed E-state index contributed by atoms with van der Waals surface area (Å²) in [6.45, 7) is 1.84. The van der Waals surface area contributed by atoms with Crippen LogP contribution in [0.1, 0.15) is 15.9 Å². The molecule has 0 aliphatic rings. The topological polar surface area (TPSA) is 62.2 Å². The number of carbonyl (C=O) groups is 1. The molecule has 92 valence electrons. The lowest BCUT2D eigenvalue weighted by molar-refractivity contribution is 0.102. The van der Waals surface area contributed by atoms with Gasteiger partial charge in [-0.05, 0) is 25.1 Å². The fourth-order valence-corrected chi connectivity index (χ4v) is 1.64. The van der Waals surface area contributed by atoms with Gasteiger partial charge in [-0.15, -0.1) is 0 Å². The maximum Gasteiger partial charge on any atom is 0.259 e. The minimum Gasteiger partial charge on any atom is -0.507 e. The lowest BCUT2D eigenvalue weighted by Crippen LogP contribution is -2.12. The Hall–Kier alpha value is -2.07. The van der Waals surface area contributed by atoms with Gasteiger partial charge in [0.15, 0.2) is 0 Å². The Labute approximate surface area is 109 Å². The van der Waals surface area contributed by atoms with Gasteiger partial charge in [-0.25, -0.2) is 0 Å². The van der Waals surface area contributed by atoms with Crippen LogP contribution in [0.2, 0.25) is 5.02 Å². The first-order valence-corrected chi connectivity index (χ1v) is 5.66. The first-order valence-electron chi connectivity index (χ1n) is 5.28. The van der Waals surface area contributed by atoms with Gasteiger partial charge in [0, 0.05) is 6.20 Å². The van der Waals surface area contributed by atoms with E-state index in [9.17, 15) is 9.90 Å². The van der Waals surface area contributed by atoms with E-state index in [1.54, 1.807) is 18.2 Å². The standard InChI is InChI=1S/C13H11ClN2O2/c1-8-2-3-12(17)9(6-8)13(18)16-11-7-15-5-4-10(11)14/h2-7,17H,1H3,(H,16,18). The smallest absolute Gasteiger partial charge is 0.259 e. The number of amides is 1. The van der Waals surface area contributed by atoms with Crippen LogP contribution in [-0.2, 0) is 0 Å². The molecule has 2 rings (SSSR count). The van der Waals surface area contributed by atoms with Gasteiger partial charge in [-0.3, -0.25) is 9.78 Å². The number of hydrogen-bond donors (Lipinski definition) is 2. The van der Waals surface area contributed by atoms with Crippen molar-refractivity contribution in [3.8, 4) is 5.75 Å². The second-order valence-electron chi connectivity index (χ2n) is 3.83. The third kappa shape index (κ3) is 2.60. The molecular weight excluding hydrogens is 252 g/mol. The van der Waals surface area contributed by atoms with Crippen molar-refractivity contribution in [1.82, 2.24) is 4.98 Å². The number of benzene rings is 1. The Morgan fingerprint density at radius 1 is 1.39 bits per heavy atom. The minimum absolute atomic E-state index is 0.0712. The number of anilines is 1. The Morgan fingerprint density at radius 3 is 2.89 bits per heavy atom. The van der Waals surface area contributed by atoms with Crippen molar-refractivity contribution >= 4 is 23.2 Å². The van der Waals surface area contributed by atoms with Crippen LogP contribution in [0.15, 0.2) is 36.7 Å². The highest BCUT2D eigenvalue weighted by Crippen LogP contribution is 2.23. The van der Waals surface area contributed by atoms with Crippen molar-refractivity contribution in [2.75, 3.05) is 5.32 Å². The SMILES string of the molecule is Cc1ccc(O)c(C(=O)Nc2cnccc2Cl)c1. The van der Waals surface area contributed by atoms with Gasteiger partial charge in [0.1, 0.15) is 5.75 Å². The van der Waals surface area contributed by atoms with E-state index in [0.29, 0.717) is 10.7 Å². The molecule has 4 nitrogen and oxygen atoms in total. The Bertz CT molecular complexity index is 599. The number of nitrogens with zero attached hydrogens (tertiary/aromatic N) is 1. The van der Waals surface area contributed by atoms with E-state index in [1.165, 1.54) is 18.5 Å². The molecule has 0 saturated heterocycles.